The third-order valence-corrected chi connectivity index (χ3v) is 14.2. The number of nitrogens with one attached hydrogen (secondary N) is 1. The van der Waals surface area contributed by atoms with Crippen LogP contribution in [-0.4, -0.2) is 96.9 Å². The molecule has 3 aromatic carbocycles. The summed E-state index contributed by atoms with van der Waals surface area (Å²) in [5, 5.41) is 4.32. The Hall–Kier alpha value is -5.68. The predicted octanol–water partition coefficient (Wildman–Crippen LogP) is 9.32. The van der Waals surface area contributed by atoms with Gasteiger partial charge in [0.15, 0.2) is 0 Å². The van der Waals surface area contributed by atoms with Crippen LogP contribution in [0.1, 0.15) is 116 Å². The van der Waals surface area contributed by atoms with Gasteiger partial charge in [-0.05, 0) is 143 Å². The minimum Gasteiger partial charge on any atom is -0.496 e. The SMILES string of the molecule is COc1cc2nc(C)nc(N[C@H](C)c3cc(N)cc(C(F)(F)F)c3)c2cc1[C@H]1CC[C@H](C(=O)N2CCC(CCOCC3CCN(C(=O)c4ccc(Cl)c(N(CCC=O)C(N)=O)c4)CC3)CC2)CC1. The molecule has 1 aliphatic carbocycles. The Morgan fingerprint density at radius 3 is 2.29 bits per heavy atom. The van der Waals surface area contributed by atoms with Gasteiger partial charge >= 0.3 is 12.2 Å². The molecule has 5 N–H and O–H groups in total. The number of aryl methyl sites for hydroxylation is 1. The van der Waals surface area contributed by atoms with Crippen LogP contribution in [0.3, 0.4) is 0 Å². The number of primary amides is 1. The highest BCUT2D eigenvalue weighted by Gasteiger charge is 2.34. The van der Waals surface area contributed by atoms with Gasteiger partial charge in [-0.25, -0.2) is 14.8 Å². The monoisotopic (exact) mass is 962 g/mol. The van der Waals surface area contributed by atoms with Crippen LogP contribution < -0.4 is 26.4 Å². The molecule has 1 atom stereocenters. The summed E-state index contributed by atoms with van der Waals surface area (Å²) in [6.45, 7) is 7.54. The van der Waals surface area contributed by atoms with Gasteiger partial charge in [0.05, 0.1) is 34.9 Å². The van der Waals surface area contributed by atoms with E-state index in [2.05, 4.69) is 15.3 Å². The second-order valence-electron chi connectivity index (χ2n) is 18.5. The van der Waals surface area contributed by atoms with Crippen LogP contribution in [0.2, 0.25) is 5.02 Å². The Balaban J connectivity index is 0.847. The quantitative estimate of drug-likeness (QED) is 0.0555. The van der Waals surface area contributed by atoms with Crippen LogP contribution in [0.25, 0.3) is 10.9 Å². The number of anilines is 3. The number of methoxy groups -OCH3 is 1. The number of amides is 4. The van der Waals surface area contributed by atoms with Crippen molar-refractivity contribution in [2.45, 2.75) is 96.2 Å². The standard InChI is InChI=1S/C50H62ClF3N8O6/c1-30(37-23-38(50(52,53)54)26-39(55)24-37)57-46-41-27-40(45(67-3)28-43(41)58-31(2)59-46)34-5-7-35(8-6-34)47(64)60-17-11-32(12-18-60)15-22-68-29-33-13-19-61(20-14-33)48(65)36-9-10-42(51)44(25-36)62(49(56)66)16-4-21-63/h9-10,21,23-28,30,32-35H,4-8,11-20,22,29,55H2,1-3H3,(H2,56,66)(H,57,58,59)/t30-,34-,35-/m1/s1. The van der Waals surface area contributed by atoms with E-state index in [1.165, 1.54) is 11.0 Å². The molecular weight excluding hydrogens is 901 g/mol. The van der Waals surface area contributed by atoms with Crippen LogP contribution in [0.15, 0.2) is 48.5 Å². The summed E-state index contributed by atoms with van der Waals surface area (Å²) in [5.74, 6) is 2.71. The van der Waals surface area contributed by atoms with Crippen molar-refractivity contribution in [3.8, 4) is 5.75 Å². The van der Waals surface area contributed by atoms with E-state index in [4.69, 9.17) is 32.5 Å². The number of fused-ring (bicyclic) bond motifs is 1. The molecule has 0 bridgehead atoms. The molecular formula is C50H62ClF3N8O6. The Morgan fingerprint density at radius 2 is 1.63 bits per heavy atom. The average Bonchev–Trinajstić information content (AvgIpc) is 3.32. The van der Waals surface area contributed by atoms with Crippen molar-refractivity contribution in [1.29, 1.82) is 0 Å². The summed E-state index contributed by atoms with van der Waals surface area (Å²) in [6, 6.07) is 10.9. The normalized spacial score (nSPS) is 18.9. The molecule has 0 radical (unpaired) electrons. The first-order valence-corrected chi connectivity index (χ1v) is 24.0. The molecule has 3 fully saturated rings. The zero-order valence-corrected chi connectivity index (χ0v) is 39.7. The molecule has 1 aromatic heterocycles. The number of urea groups is 1. The first-order chi connectivity index (χ1) is 32.5. The van der Waals surface area contributed by atoms with E-state index in [9.17, 15) is 32.3 Å². The lowest BCUT2D eigenvalue weighted by Crippen LogP contribution is -2.42. The fourth-order valence-electron chi connectivity index (χ4n) is 9.99. The van der Waals surface area contributed by atoms with E-state index in [1.54, 1.807) is 44.1 Å². The number of hydrogen-bond acceptors (Lipinski definition) is 10. The molecule has 2 aliphatic heterocycles. The van der Waals surface area contributed by atoms with E-state index in [0.29, 0.717) is 84.1 Å². The van der Waals surface area contributed by atoms with Gasteiger partial charge in [-0.15, -0.1) is 0 Å². The van der Waals surface area contributed by atoms with Crippen LogP contribution in [0, 0.1) is 24.7 Å². The minimum atomic E-state index is -4.53. The third kappa shape index (κ3) is 12.1. The van der Waals surface area contributed by atoms with Crippen molar-refractivity contribution in [3.05, 3.63) is 81.6 Å². The molecule has 7 rings (SSSR count). The third-order valence-electron chi connectivity index (χ3n) is 13.9. The number of nitrogen functional groups attached to an aromatic ring is 1. The van der Waals surface area contributed by atoms with Gasteiger partial charge in [0.25, 0.3) is 5.91 Å². The maximum Gasteiger partial charge on any atom is 0.416 e. The number of nitrogens with two attached hydrogens (primary N) is 2. The zero-order chi connectivity index (χ0) is 48.7. The lowest BCUT2D eigenvalue weighted by Gasteiger charge is -2.36. The number of halogens is 4. The number of carbonyl (C=O) groups is 4. The highest BCUT2D eigenvalue weighted by Crippen LogP contribution is 2.43. The summed E-state index contributed by atoms with van der Waals surface area (Å²) < 4.78 is 52.9. The second-order valence-corrected chi connectivity index (χ2v) is 18.9. The van der Waals surface area contributed by atoms with Crippen LogP contribution in [0.5, 0.6) is 5.75 Å². The molecule has 18 heteroatoms. The topological polar surface area (TPSA) is 186 Å². The molecule has 68 heavy (non-hydrogen) atoms. The largest absolute Gasteiger partial charge is 0.496 e. The van der Waals surface area contributed by atoms with Crippen molar-refractivity contribution in [3.63, 3.8) is 0 Å². The number of hydrogen-bond donors (Lipinski definition) is 3. The fourth-order valence-corrected chi connectivity index (χ4v) is 10.2. The van der Waals surface area contributed by atoms with E-state index in [1.807, 2.05) is 17.0 Å². The summed E-state index contributed by atoms with van der Waals surface area (Å²) in [5.41, 5.74) is 13.3. The van der Waals surface area contributed by atoms with Gasteiger partial charge in [-0.1, -0.05) is 11.6 Å². The summed E-state index contributed by atoms with van der Waals surface area (Å²) >= 11 is 6.34. The highest BCUT2D eigenvalue weighted by atomic mass is 35.5. The number of aromatic nitrogens is 2. The van der Waals surface area contributed by atoms with Crippen LogP contribution in [0.4, 0.5) is 35.2 Å². The minimum absolute atomic E-state index is 0.0264. The van der Waals surface area contributed by atoms with Gasteiger partial charge in [0.2, 0.25) is 5.91 Å². The van der Waals surface area contributed by atoms with Gasteiger partial charge < -0.3 is 40.9 Å². The Kier molecular flexibility index (Phi) is 16.4. The highest BCUT2D eigenvalue weighted by molar-refractivity contribution is 6.34. The van der Waals surface area contributed by atoms with Gasteiger partial charge in [-0.2, -0.15) is 13.2 Å². The summed E-state index contributed by atoms with van der Waals surface area (Å²) in [4.78, 5) is 64.5. The Labute approximate surface area is 400 Å². The predicted molar refractivity (Wildman–Crippen MR) is 256 cm³/mol. The van der Waals surface area contributed by atoms with Crippen molar-refractivity contribution in [2.75, 3.05) is 69.0 Å². The molecule has 3 heterocycles. The number of piperidine rings is 2. The molecule has 14 nitrogen and oxygen atoms in total. The number of ether oxygens (including phenoxy) is 2. The average molecular weight is 964 g/mol. The van der Waals surface area contributed by atoms with E-state index in [0.717, 1.165) is 94.0 Å². The molecule has 3 aliphatic rings. The maximum absolute atomic E-state index is 13.8. The zero-order valence-electron chi connectivity index (χ0n) is 39.0. The number of alkyl halides is 3. The Morgan fingerprint density at radius 1 is 0.941 bits per heavy atom. The lowest BCUT2D eigenvalue weighted by molar-refractivity contribution is -0.138. The number of carbonyl (C=O) groups excluding carboxylic acids is 4. The number of nitrogens with zero attached hydrogens (tertiary/aromatic N) is 5. The van der Waals surface area contributed by atoms with E-state index >= 15 is 0 Å². The fraction of sp³-hybridized carbons (Fsp3) is 0.520. The maximum atomic E-state index is 13.8. The second kappa shape index (κ2) is 22.2. The van der Waals surface area contributed by atoms with Crippen molar-refractivity contribution in [1.82, 2.24) is 19.8 Å². The molecule has 0 unspecified atom stereocenters. The smallest absolute Gasteiger partial charge is 0.416 e. The number of aldehydes is 1. The van der Waals surface area contributed by atoms with Gasteiger partial charge in [0.1, 0.15) is 23.7 Å². The molecule has 4 aromatic rings. The number of benzene rings is 3. The van der Waals surface area contributed by atoms with Crippen molar-refractivity contribution >= 4 is 63.8 Å². The number of rotatable bonds is 16. The van der Waals surface area contributed by atoms with Crippen molar-refractivity contribution in [2.24, 2.45) is 23.5 Å². The molecule has 366 valence electrons. The number of likely N-dealkylation sites (tertiary alicyclic amines) is 2. The van der Waals surface area contributed by atoms with Crippen LogP contribution in [-0.2, 0) is 20.5 Å². The summed E-state index contributed by atoms with van der Waals surface area (Å²) in [7, 11) is 1.63. The molecule has 2 saturated heterocycles. The molecule has 4 amide bonds. The van der Waals surface area contributed by atoms with E-state index in [-0.39, 0.29) is 47.3 Å². The van der Waals surface area contributed by atoms with Crippen LogP contribution >= 0.6 is 11.6 Å². The van der Waals surface area contributed by atoms with Crippen molar-refractivity contribution < 1.29 is 41.8 Å². The van der Waals surface area contributed by atoms with E-state index < -0.39 is 23.8 Å². The molecule has 1 saturated carbocycles. The first-order valence-electron chi connectivity index (χ1n) is 23.6. The lowest BCUT2D eigenvalue weighted by atomic mass is 9.77. The first kappa shape index (κ1) is 50.2. The molecule has 0 spiro atoms. The van der Waals surface area contributed by atoms with Gasteiger partial charge in [-0.3, -0.25) is 14.5 Å². The van der Waals surface area contributed by atoms with Gasteiger partial charge in [0, 0.05) is 81.0 Å². The summed E-state index contributed by atoms with van der Waals surface area (Å²) in [6.07, 6.45) is 3.83. The Bertz CT molecular complexity index is 2450.